The van der Waals surface area contributed by atoms with Gasteiger partial charge in [-0.25, -0.2) is 0 Å². The second-order valence-corrected chi connectivity index (χ2v) is 9.20. The zero-order valence-electron chi connectivity index (χ0n) is 22.4. The number of benzene rings is 4. The van der Waals surface area contributed by atoms with Crippen LogP contribution >= 0.6 is 0 Å². The van der Waals surface area contributed by atoms with Crippen LogP contribution in [-0.4, -0.2) is 0 Å². The van der Waals surface area contributed by atoms with Gasteiger partial charge in [0.15, 0.2) is 0 Å². The molecule has 0 unspecified atom stereocenters. The summed E-state index contributed by atoms with van der Waals surface area (Å²) in [5, 5.41) is 0. The summed E-state index contributed by atoms with van der Waals surface area (Å²) in [5.41, 5.74) is 11.9. The fourth-order valence-corrected chi connectivity index (χ4v) is 4.66. The highest BCUT2D eigenvalue weighted by molar-refractivity contribution is 5.70. The topological polar surface area (TPSA) is 0 Å². The van der Waals surface area contributed by atoms with Crippen LogP contribution in [0, 0.1) is 6.92 Å². The maximum atomic E-state index is 4.20. The molecule has 0 nitrogen and oxygen atoms in total. The van der Waals surface area contributed by atoms with Crippen LogP contribution in [0.3, 0.4) is 0 Å². The molecule has 0 aliphatic heterocycles. The lowest BCUT2D eigenvalue weighted by molar-refractivity contribution is 0.927. The Balaban J connectivity index is 0.00000176. The first-order valence-electron chi connectivity index (χ1n) is 13.2. The summed E-state index contributed by atoms with van der Waals surface area (Å²) in [5.74, 6) is 0. The monoisotopic (exact) mass is 472 g/mol. The molecule has 0 bridgehead atoms. The van der Waals surface area contributed by atoms with Crippen molar-refractivity contribution in [3.8, 4) is 0 Å². The third kappa shape index (κ3) is 7.95. The van der Waals surface area contributed by atoms with Gasteiger partial charge in [0.25, 0.3) is 0 Å². The lowest BCUT2D eigenvalue weighted by Crippen LogP contribution is -1.99. The minimum Gasteiger partial charge on any atom is -0.0955 e. The van der Waals surface area contributed by atoms with E-state index in [1.165, 1.54) is 44.5 Å². The van der Waals surface area contributed by atoms with Crippen LogP contribution in [0.5, 0.6) is 0 Å². The molecule has 36 heavy (non-hydrogen) atoms. The Morgan fingerprint density at radius 2 is 1.14 bits per heavy atom. The van der Waals surface area contributed by atoms with Crippen molar-refractivity contribution in [1.82, 2.24) is 0 Å². The number of hydrogen-bond donors (Lipinski definition) is 0. The van der Waals surface area contributed by atoms with Crippen LogP contribution in [0.15, 0.2) is 104 Å². The number of aryl methyl sites for hydroxylation is 5. The Kier molecular flexibility index (Phi) is 10.5. The lowest BCUT2D eigenvalue weighted by atomic mass is 9.92. The van der Waals surface area contributed by atoms with Crippen molar-refractivity contribution in [2.45, 2.75) is 53.4 Å². The first-order chi connectivity index (χ1) is 17.6. The van der Waals surface area contributed by atoms with Crippen molar-refractivity contribution in [2.75, 3.05) is 0 Å². The average molecular weight is 473 g/mol. The minimum atomic E-state index is 1.04. The predicted octanol–water partition coefficient (Wildman–Crippen LogP) is 9.80. The van der Waals surface area contributed by atoms with Gasteiger partial charge in [0.2, 0.25) is 0 Å². The van der Waals surface area contributed by atoms with Gasteiger partial charge in [-0.2, -0.15) is 0 Å². The molecule has 0 aromatic heterocycles. The Morgan fingerprint density at radius 3 is 1.81 bits per heavy atom. The highest BCUT2D eigenvalue weighted by Gasteiger charge is 2.07. The van der Waals surface area contributed by atoms with E-state index in [4.69, 9.17) is 0 Å². The zero-order chi connectivity index (χ0) is 25.8. The van der Waals surface area contributed by atoms with Crippen molar-refractivity contribution < 1.29 is 0 Å². The van der Waals surface area contributed by atoms with Gasteiger partial charge < -0.3 is 0 Å². The van der Waals surface area contributed by atoms with Crippen molar-refractivity contribution in [3.63, 3.8) is 0 Å². The maximum absolute atomic E-state index is 4.20. The fraction of sp³-hybridized carbons (Fsp3) is 0.222. The lowest BCUT2D eigenvalue weighted by Gasteiger charge is -2.13. The summed E-state index contributed by atoms with van der Waals surface area (Å²) < 4.78 is 0. The molecule has 0 fully saturated rings. The molecule has 0 heteroatoms. The van der Waals surface area contributed by atoms with Crippen LogP contribution in [-0.2, 0) is 25.7 Å². The summed E-state index contributed by atoms with van der Waals surface area (Å²) in [6.45, 7) is 12.5. The van der Waals surface area contributed by atoms with Crippen molar-refractivity contribution >= 4 is 17.7 Å². The summed E-state index contributed by atoms with van der Waals surface area (Å²) in [6.07, 6.45) is 8.58. The maximum Gasteiger partial charge on any atom is -0.0172 e. The van der Waals surface area contributed by atoms with E-state index in [1.54, 1.807) is 0 Å². The van der Waals surface area contributed by atoms with E-state index >= 15 is 0 Å². The molecule has 4 rings (SSSR count). The van der Waals surface area contributed by atoms with Gasteiger partial charge in [0, 0.05) is 0 Å². The molecule has 4 aromatic carbocycles. The van der Waals surface area contributed by atoms with Crippen molar-refractivity contribution in [2.24, 2.45) is 0 Å². The van der Waals surface area contributed by atoms with E-state index in [1.807, 2.05) is 13.8 Å². The smallest absolute Gasteiger partial charge is 0.0172 e. The Morgan fingerprint density at radius 1 is 0.611 bits per heavy atom. The van der Waals surface area contributed by atoms with Crippen LogP contribution in [0.25, 0.3) is 17.7 Å². The molecule has 0 N–H and O–H groups in total. The molecular weight excluding hydrogens is 432 g/mol. The first kappa shape index (κ1) is 27.0. The molecule has 0 saturated heterocycles. The molecule has 0 heterocycles. The molecule has 184 valence electrons. The molecule has 0 aliphatic carbocycles. The van der Waals surface area contributed by atoms with Gasteiger partial charge >= 0.3 is 0 Å². The fourth-order valence-electron chi connectivity index (χ4n) is 4.66. The van der Waals surface area contributed by atoms with E-state index in [0.717, 1.165) is 31.3 Å². The molecular formula is C36H40. The van der Waals surface area contributed by atoms with Crippen LogP contribution < -0.4 is 0 Å². The van der Waals surface area contributed by atoms with E-state index in [-0.39, 0.29) is 0 Å². The second kappa shape index (κ2) is 14.0. The highest BCUT2D eigenvalue weighted by atomic mass is 14.1. The van der Waals surface area contributed by atoms with Crippen LogP contribution in [0.1, 0.15) is 65.3 Å². The van der Waals surface area contributed by atoms with Gasteiger partial charge in [-0.1, -0.05) is 135 Å². The molecule has 0 saturated carbocycles. The van der Waals surface area contributed by atoms with Gasteiger partial charge in [0.05, 0.1) is 0 Å². The van der Waals surface area contributed by atoms with Gasteiger partial charge in [-0.3, -0.25) is 0 Å². The Hall–Kier alpha value is -3.64. The standard InChI is InChI=1S/C34H34.C2H6/c1-26(2)34-27(3)10-7-17-33(34)23-22-32-16-9-15-31(25-32)21-20-30-14-8-13-29(24-30)19-18-28-11-5-4-6-12-28;1-2/h4-19,24-25H,1,20-23H2,2-3H3;1-2H3/b19-18-;. The van der Waals surface area contributed by atoms with E-state index < -0.39 is 0 Å². The summed E-state index contributed by atoms with van der Waals surface area (Å²) in [6, 6.07) is 35.0. The Bertz CT molecular complexity index is 1270. The van der Waals surface area contributed by atoms with Gasteiger partial charge in [-0.05, 0) is 84.0 Å². The molecule has 0 aliphatic rings. The minimum absolute atomic E-state index is 1.04. The Labute approximate surface area is 219 Å². The quantitative estimate of drug-likeness (QED) is 0.213. The average Bonchev–Trinajstić information content (AvgIpc) is 2.91. The number of allylic oxidation sites excluding steroid dienone is 1. The molecule has 0 atom stereocenters. The summed E-state index contributed by atoms with van der Waals surface area (Å²) in [7, 11) is 0. The van der Waals surface area contributed by atoms with E-state index in [9.17, 15) is 0 Å². The second-order valence-electron chi connectivity index (χ2n) is 9.20. The SMILES string of the molecule is C=C(C)c1c(C)cccc1CCc1cccc(CCc2cccc(/C=C\c3ccccc3)c2)c1.CC. The van der Waals surface area contributed by atoms with Gasteiger partial charge in [-0.15, -0.1) is 0 Å². The highest BCUT2D eigenvalue weighted by Crippen LogP contribution is 2.23. The molecule has 0 radical (unpaired) electrons. The number of hydrogen-bond acceptors (Lipinski definition) is 0. The first-order valence-corrected chi connectivity index (χ1v) is 13.2. The molecule has 4 aromatic rings. The summed E-state index contributed by atoms with van der Waals surface area (Å²) >= 11 is 0. The third-order valence-electron chi connectivity index (χ3n) is 6.38. The third-order valence-corrected chi connectivity index (χ3v) is 6.38. The van der Waals surface area contributed by atoms with Crippen LogP contribution in [0.4, 0.5) is 0 Å². The molecule has 0 spiro atoms. The molecule has 0 amide bonds. The van der Waals surface area contributed by atoms with Crippen LogP contribution in [0.2, 0.25) is 0 Å². The van der Waals surface area contributed by atoms with Crippen molar-refractivity contribution in [1.29, 1.82) is 0 Å². The van der Waals surface area contributed by atoms with E-state index in [0.29, 0.717) is 0 Å². The normalized spacial score (nSPS) is 10.7. The largest absolute Gasteiger partial charge is 0.0955 e. The van der Waals surface area contributed by atoms with E-state index in [2.05, 4.69) is 130 Å². The number of rotatable bonds is 9. The van der Waals surface area contributed by atoms with Gasteiger partial charge in [0.1, 0.15) is 0 Å². The van der Waals surface area contributed by atoms with Crippen molar-refractivity contribution in [3.05, 3.63) is 148 Å². The summed E-state index contributed by atoms with van der Waals surface area (Å²) in [4.78, 5) is 0. The predicted molar refractivity (Wildman–Crippen MR) is 160 cm³/mol. The zero-order valence-corrected chi connectivity index (χ0v) is 22.4.